The van der Waals surface area contributed by atoms with Crippen LogP contribution < -0.4 is 0 Å². The van der Waals surface area contributed by atoms with Gasteiger partial charge in [-0.2, -0.15) is 0 Å². The molecule has 86 valence electrons. The Morgan fingerprint density at radius 3 is 2.21 bits per heavy atom. The summed E-state index contributed by atoms with van der Waals surface area (Å²) in [5, 5.41) is 19.0. The van der Waals surface area contributed by atoms with E-state index in [0.717, 1.165) is 38.5 Å². The van der Waals surface area contributed by atoms with Crippen molar-refractivity contribution in [1.82, 2.24) is 0 Å². The van der Waals surface area contributed by atoms with Gasteiger partial charge < -0.3 is 10.2 Å². The SMILES string of the molecule is CCC(C)C(O)(CC)CCCCCO. The molecule has 0 saturated heterocycles. The Balaban J connectivity index is 3.86. The van der Waals surface area contributed by atoms with E-state index in [2.05, 4.69) is 20.8 Å². The highest BCUT2D eigenvalue weighted by molar-refractivity contribution is 4.81. The Morgan fingerprint density at radius 2 is 1.79 bits per heavy atom. The molecule has 0 heterocycles. The van der Waals surface area contributed by atoms with E-state index in [1.165, 1.54) is 0 Å². The van der Waals surface area contributed by atoms with Crippen molar-refractivity contribution in [2.45, 2.75) is 64.9 Å². The van der Waals surface area contributed by atoms with Crippen molar-refractivity contribution in [3.63, 3.8) is 0 Å². The highest BCUT2D eigenvalue weighted by Gasteiger charge is 2.29. The summed E-state index contributed by atoms with van der Waals surface area (Å²) in [5.41, 5.74) is -0.482. The van der Waals surface area contributed by atoms with Gasteiger partial charge in [0.25, 0.3) is 0 Å². The van der Waals surface area contributed by atoms with Gasteiger partial charge in [0.2, 0.25) is 0 Å². The van der Waals surface area contributed by atoms with E-state index >= 15 is 0 Å². The molecular formula is C12H26O2. The normalized spacial score (nSPS) is 17.8. The van der Waals surface area contributed by atoms with Crippen LogP contribution in [-0.4, -0.2) is 22.4 Å². The van der Waals surface area contributed by atoms with Crippen LogP contribution in [0.15, 0.2) is 0 Å². The summed E-state index contributed by atoms with van der Waals surface area (Å²) >= 11 is 0. The molecule has 14 heavy (non-hydrogen) atoms. The molecule has 0 amide bonds. The second-order valence-corrected chi connectivity index (χ2v) is 4.30. The first kappa shape index (κ1) is 13.9. The van der Waals surface area contributed by atoms with Gasteiger partial charge in [0, 0.05) is 6.61 Å². The van der Waals surface area contributed by atoms with E-state index in [9.17, 15) is 5.11 Å². The molecule has 0 aliphatic rings. The standard InChI is InChI=1S/C12H26O2/c1-4-11(3)12(14,5-2)9-7-6-8-10-13/h11,13-14H,4-10H2,1-3H3. The quantitative estimate of drug-likeness (QED) is 0.594. The second kappa shape index (κ2) is 7.24. The zero-order valence-corrected chi connectivity index (χ0v) is 9.92. The lowest BCUT2D eigenvalue weighted by atomic mass is 9.80. The zero-order chi connectivity index (χ0) is 11.0. The summed E-state index contributed by atoms with van der Waals surface area (Å²) in [6, 6.07) is 0. The third-order valence-corrected chi connectivity index (χ3v) is 3.41. The average molecular weight is 202 g/mol. The van der Waals surface area contributed by atoms with Gasteiger partial charge >= 0.3 is 0 Å². The van der Waals surface area contributed by atoms with Gasteiger partial charge in [-0.15, -0.1) is 0 Å². The van der Waals surface area contributed by atoms with E-state index in [4.69, 9.17) is 5.11 Å². The fraction of sp³-hybridized carbons (Fsp3) is 1.00. The molecule has 2 atom stereocenters. The van der Waals surface area contributed by atoms with Gasteiger partial charge in [0.15, 0.2) is 0 Å². The van der Waals surface area contributed by atoms with Crippen molar-refractivity contribution in [3.05, 3.63) is 0 Å². The first-order valence-corrected chi connectivity index (χ1v) is 5.94. The second-order valence-electron chi connectivity index (χ2n) is 4.30. The number of hydrogen-bond donors (Lipinski definition) is 2. The first-order chi connectivity index (χ1) is 6.60. The number of unbranched alkanes of at least 4 members (excludes halogenated alkanes) is 2. The van der Waals surface area contributed by atoms with Crippen molar-refractivity contribution in [2.75, 3.05) is 6.61 Å². The predicted molar refractivity (Wildman–Crippen MR) is 60.2 cm³/mol. The summed E-state index contributed by atoms with van der Waals surface area (Å²) in [6.07, 6.45) is 5.65. The first-order valence-electron chi connectivity index (χ1n) is 5.94. The van der Waals surface area contributed by atoms with Gasteiger partial charge in [-0.05, 0) is 25.2 Å². The van der Waals surface area contributed by atoms with Crippen LogP contribution in [0, 0.1) is 5.92 Å². The monoisotopic (exact) mass is 202 g/mol. The Morgan fingerprint density at radius 1 is 1.14 bits per heavy atom. The number of aliphatic hydroxyl groups is 2. The van der Waals surface area contributed by atoms with Crippen LogP contribution in [0.4, 0.5) is 0 Å². The van der Waals surface area contributed by atoms with Crippen molar-refractivity contribution < 1.29 is 10.2 Å². The average Bonchev–Trinajstić information content (AvgIpc) is 2.22. The minimum atomic E-state index is -0.482. The summed E-state index contributed by atoms with van der Waals surface area (Å²) in [6.45, 7) is 6.57. The molecule has 0 spiro atoms. The highest BCUT2D eigenvalue weighted by atomic mass is 16.3. The molecule has 0 bridgehead atoms. The maximum atomic E-state index is 10.3. The number of aliphatic hydroxyl groups excluding tert-OH is 1. The largest absolute Gasteiger partial charge is 0.396 e. The molecule has 0 aliphatic heterocycles. The fourth-order valence-electron chi connectivity index (χ4n) is 1.87. The van der Waals surface area contributed by atoms with Crippen LogP contribution in [0.5, 0.6) is 0 Å². The minimum absolute atomic E-state index is 0.272. The van der Waals surface area contributed by atoms with Gasteiger partial charge in [0.1, 0.15) is 0 Å². The summed E-state index contributed by atoms with van der Waals surface area (Å²) in [7, 11) is 0. The van der Waals surface area contributed by atoms with Crippen LogP contribution in [0.3, 0.4) is 0 Å². The van der Waals surface area contributed by atoms with Gasteiger partial charge in [-0.25, -0.2) is 0 Å². The predicted octanol–water partition coefficient (Wildman–Crippen LogP) is 2.73. The molecule has 2 N–H and O–H groups in total. The maximum Gasteiger partial charge on any atom is 0.0670 e. The topological polar surface area (TPSA) is 40.5 Å². The summed E-state index contributed by atoms with van der Waals surface area (Å²) in [5.74, 6) is 0.377. The van der Waals surface area contributed by atoms with Crippen molar-refractivity contribution in [2.24, 2.45) is 5.92 Å². The fourth-order valence-corrected chi connectivity index (χ4v) is 1.87. The maximum absolute atomic E-state index is 10.3. The third kappa shape index (κ3) is 4.43. The number of hydrogen-bond acceptors (Lipinski definition) is 2. The van der Waals surface area contributed by atoms with Gasteiger partial charge in [-0.3, -0.25) is 0 Å². The lowest BCUT2D eigenvalue weighted by molar-refractivity contribution is -0.0267. The molecule has 0 radical (unpaired) electrons. The van der Waals surface area contributed by atoms with Crippen LogP contribution in [-0.2, 0) is 0 Å². The van der Waals surface area contributed by atoms with E-state index in [1.807, 2.05) is 0 Å². The van der Waals surface area contributed by atoms with Crippen LogP contribution in [0.25, 0.3) is 0 Å². The van der Waals surface area contributed by atoms with Crippen molar-refractivity contribution in [3.8, 4) is 0 Å². The van der Waals surface area contributed by atoms with E-state index in [-0.39, 0.29) is 6.61 Å². The molecule has 0 aromatic carbocycles. The van der Waals surface area contributed by atoms with Gasteiger partial charge in [-0.1, -0.05) is 40.0 Å². The Labute approximate surface area is 88.3 Å². The Bertz CT molecular complexity index is 136. The molecule has 2 heteroatoms. The Kier molecular flexibility index (Phi) is 7.20. The summed E-state index contributed by atoms with van der Waals surface area (Å²) in [4.78, 5) is 0. The molecule has 0 rings (SSSR count). The minimum Gasteiger partial charge on any atom is -0.396 e. The zero-order valence-electron chi connectivity index (χ0n) is 9.92. The molecule has 0 fully saturated rings. The Hall–Kier alpha value is -0.0800. The molecule has 0 aromatic heterocycles. The number of rotatable bonds is 8. The van der Waals surface area contributed by atoms with Gasteiger partial charge in [0.05, 0.1) is 5.60 Å². The molecule has 2 unspecified atom stereocenters. The smallest absolute Gasteiger partial charge is 0.0670 e. The van der Waals surface area contributed by atoms with Crippen molar-refractivity contribution in [1.29, 1.82) is 0 Å². The molecule has 0 aliphatic carbocycles. The molecular weight excluding hydrogens is 176 g/mol. The van der Waals surface area contributed by atoms with E-state index in [0.29, 0.717) is 5.92 Å². The highest BCUT2D eigenvalue weighted by Crippen LogP contribution is 2.29. The summed E-state index contributed by atoms with van der Waals surface area (Å²) < 4.78 is 0. The van der Waals surface area contributed by atoms with E-state index in [1.54, 1.807) is 0 Å². The van der Waals surface area contributed by atoms with E-state index < -0.39 is 5.60 Å². The third-order valence-electron chi connectivity index (χ3n) is 3.41. The molecule has 0 aromatic rings. The van der Waals surface area contributed by atoms with Crippen LogP contribution in [0.1, 0.15) is 59.3 Å². The molecule has 2 nitrogen and oxygen atoms in total. The van der Waals surface area contributed by atoms with Crippen LogP contribution >= 0.6 is 0 Å². The van der Waals surface area contributed by atoms with Crippen molar-refractivity contribution >= 4 is 0 Å². The van der Waals surface area contributed by atoms with Crippen LogP contribution in [0.2, 0.25) is 0 Å². The molecule has 0 saturated carbocycles. The lowest BCUT2D eigenvalue weighted by Crippen LogP contribution is -2.35. The lowest BCUT2D eigenvalue weighted by Gasteiger charge is -2.33.